The van der Waals surface area contributed by atoms with Crippen LogP contribution < -0.4 is 10.6 Å². The van der Waals surface area contributed by atoms with Crippen molar-refractivity contribution in [3.8, 4) is 0 Å². The number of aliphatic hydroxyl groups excluding tert-OH is 1. The summed E-state index contributed by atoms with van der Waals surface area (Å²) in [4.78, 5) is 12.1. The zero-order valence-corrected chi connectivity index (χ0v) is 12.3. The monoisotopic (exact) mass is 276 g/mol. The Morgan fingerprint density at radius 1 is 1.25 bits per heavy atom. The van der Waals surface area contributed by atoms with E-state index >= 15 is 0 Å². The maximum absolute atomic E-state index is 12.1. The van der Waals surface area contributed by atoms with Gasteiger partial charge in [-0.3, -0.25) is 4.79 Å². The van der Waals surface area contributed by atoms with Gasteiger partial charge in [0.25, 0.3) is 0 Å². The number of nitrogens with one attached hydrogen (secondary N) is 2. The Labute approximate surface area is 120 Å². The topological polar surface area (TPSA) is 61.4 Å². The first-order valence-electron chi connectivity index (χ1n) is 7.28. The van der Waals surface area contributed by atoms with E-state index in [1.807, 2.05) is 32.0 Å². The Hall–Kier alpha value is -1.39. The molecule has 2 rings (SSSR count). The zero-order valence-electron chi connectivity index (χ0n) is 12.3. The van der Waals surface area contributed by atoms with Crippen molar-refractivity contribution in [2.75, 3.05) is 18.5 Å². The fourth-order valence-corrected chi connectivity index (χ4v) is 2.91. The lowest BCUT2D eigenvalue weighted by Gasteiger charge is -2.27. The first-order chi connectivity index (χ1) is 9.56. The minimum Gasteiger partial charge on any atom is -0.394 e. The van der Waals surface area contributed by atoms with E-state index in [9.17, 15) is 9.90 Å². The number of aliphatic hydroxyl groups is 1. The highest BCUT2D eigenvalue weighted by molar-refractivity contribution is 5.93. The SMILES string of the molecule is Cc1cccc(C)c1NC(=O)CNC1(CO)CCCC1. The molecule has 1 aromatic rings. The maximum atomic E-state index is 12.1. The minimum absolute atomic E-state index is 0.0536. The molecule has 1 aliphatic carbocycles. The maximum Gasteiger partial charge on any atom is 0.238 e. The molecule has 1 fully saturated rings. The quantitative estimate of drug-likeness (QED) is 0.772. The molecule has 0 aliphatic heterocycles. The molecule has 3 N–H and O–H groups in total. The van der Waals surface area contributed by atoms with Crippen LogP contribution in [0.2, 0.25) is 0 Å². The second-order valence-corrected chi connectivity index (χ2v) is 5.81. The fourth-order valence-electron chi connectivity index (χ4n) is 2.91. The van der Waals surface area contributed by atoms with Gasteiger partial charge >= 0.3 is 0 Å². The number of benzene rings is 1. The number of carbonyl (C=O) groups excluding carboxylic acids is 1. The summed E-state index contributed by atoms with van der Waals surface area (Å²) in [6.07, 6.45) is 4.12. The average Bonchev–Trinajstić information content (AvgIpc) is 2.90. The summed E-state index contributed by atoms with van der Waals surface area (Å²) in [5, 5.41) is 15.7. The second kappa shape index (κ2) is 6.37. The number of hydrogen-bond acceptors (Lipinski definition) is 3. The van der Waals surface area contributed by atoms with E-state index < -0.39 is 0 Å². The Morgan fingerprint density at radius 2 is 1.85 bits per heavy atom. The summed E-state index contributed by atoms with van der Waals surface area (Å²) >= 11 is 0. The van der Waals surface area contributed by atoms with Crippen LogP contribution in [0.5, 0.6) is 0 Å². The van der Waals surface area contributed by atoms with Crippen LogP contribution in [0.4, 0.5) is 5.69 Å². The average molecular weight is 276 g/mol. The molecule has 0 unspecified atom stereocenters. The van der Waals surface area contributed by atoms with Gasteiger partial charge in [0.15, 0.2) is 0 Å². The molecule has 0 radical (unpaired) electrons. The molecule has 1 saturated carbocycles. The molecule has 0 saturated heterocycles. The van der Waals surface area contributed by atoms with Crippen molar-refractivity contribution >= 4 is 11.6 Å². The van der Waals surface area contributed by atoms with Crippen LogP contribution in [0, 0.1) is 13.8 Å². The van der Waals surface area contributed by atoms with Crippen LogP contribution in [0.1, 0.15) is 36.8 Å². The normalized spacial score (nSPS) is 17.1. The van der Waals surface area contributed by atoms with E-state index in [4.69, 9.17) is 0 Å². The van der Waals surface area contributed by atoms with Crippen LogP contribution in [0.15, 0.2) is 18.2 Å². The minimum atomic E-state index is -0.252. The summed E-state index contributed by atoms with van der Waals surface area (Å²) in [6.45, 7) is 4.32. The molecule has 0 heterocycles. The van der Waals surface area contributed by atoms with Gasteiger partial charge in [0.05, 0.1) is 13.2 Å². The molecule has 0 atom stereocenters. The summed E-state index contributed by atoms with van der Waals surface area (Å²) in [5.74, 6) is -0.0536. The third-order valence-electron chi connectivity index (χ3n) is 4.23. The Balaban J connectivity index is 1.93. The van der Waals surface area contributed by atoms with Gasteiger partial charge in [0.2, 0.25) is 5.91 Å². The number of aryl methyl sites for hydroxylation is 2. The molecule has 4 heteroatoms. The summed E-state index contributed by atoms with van der Waals surface area (Å²) in [7, 11) is 0. The molecule has 1 amide bonds. The second-order valence-electron chi connectivity index (χ2n) is 5.81. The van der Waals surface area contributed by atoms with E-state index in [0.29, 0.717) is 0 Å². The van der Waals surface area contributed by atoms with E-state index in [1.54, 1.807) is 0 Å². The molecule has 1 aliphatic rings. The number of para-hydroxylation sites is 1. The van der Waals surface area contributed by atoms with Gasteiger partial charge in [-0.15, -0.1) is 0 Å². The summed E-state index contributed by atoms with van der Waals surface area (Å²) in [6, 6.07) is 5.96. The van der Waals surface area contributed by atoms with Crippen molar-refractivity contribution < 1.29 is 9.90 Å². The lowest BCUT2D eigenvalue weighted by atomic mass is 9.99. The molecule has 0 spiro atoms. The third-order valence-corrected chi connectivity index (χ3v) is 4.23. The highest BCUT2D eigenvalue weighted by Crippen LogP contribution is 2.28. The molecule has 20 heavy (non-hydrogen) atoms. The van der Waals surface area contributed by atoms with Crippen LogP contribution in [0.3, 0.4) is 0 Å². The molecule has 110 valence electrons. The van der Waals surface area contributed by atoms with Crippen molar-refractivity contribution in [3.63, 3.8) is 0 Å². The first-order valence-corrected chi connectivity index (χ1v) is 7.28. The first kappa shape index (κ1) is 15.0. The van der Waals surface area contributed by atoms with Crippen molar-refractivity contribution in [2.24, 2.45) is 0 Å². The highest BCUT2D eigenvalue weighted by Gasteiger charge is 2.32. The zero-order chi connectivity index (χ0) is 14.6. The summed E-state index contributed by atoms with van der Waals surface area (Å²) < 4.78 is 0. The highest BCUT2D eigenvalue weighted by atomic mass is 16.3. The van der Waals surface area contributed by atoms with E-state index in [2.05, 4.69) is 10.6 Å². The van der Waals surface area contributed by atoms with E-state index in [0.717, 1.165) is 42.5 Å². The van der Waals surface area contributed by atoms with Gasteiger partial charge in [-0.05, 0) is 37.8 Å². The molecule has 4 nitrogen and oxygen atoms in total. The Kier molecular flexibility index (Phi) is 4.78. The number of amides is 1. The summed E-state index contributed by atoms with van der Waals surface area (Å²) in [5.41, 5.74) is 2.77. The molecular formula is C16H24N2O2. The van der Waals surface area contributed by atoms with Crippen LogP contribution in [0.25, 0.3) is 0 Å². The predicted octanol–water partition coefficient (Wildman–Crippen LogP) is 2.14. The van der Waals surface area contributed by atoms with E-state index in [-0.39, 0.29) is 24.6 Å². The Morgan fingerprint density at radius 3 is 2.40 bits per heavy atom. The number of rotatable bonds is 5. The Bertz CT molecular complexity index is 459. The standard InChI is InChI=1S/C16H24N2O2/c1-12-6-5-7-13(2)15(12)18-14(20)10-17-16(11-19)8-3-4-9-16/h5-7,17,19H,3-4,8-11H2,1-2H3,(H,18,20). The van der Waals surface area contributed by atoms with Gasteiger partial charge in [0, 0.05) is 11.2 Å². The lowest BCUT2D eigenvalue weighted by molar-refractivity contribution is -0.115. The molecule has 0 bridgehead atoms. The fraction of sp³-hybridized carbons (Fsp3) is 0.562. The van der Waals surface area contributed by atoms with Crippen molar-refractivity contribution in [1.29, 1.82) is 0 Å². The molecule has 0 aromatic heterocycles. The number of hydrogen-bond donors (Lipinski definition) is 3. The van der Waals surface area contributed by atoms with Crippen molar-refractivity contribution in [3.05, 3.63) is 29.3 Å². The van der Waals surface area contributed by atoms with Gasteiger partial charge in [-0.1, -0.05) is 31.0 Å². The predicted molar refractivity (Wildman–Crippen MR) is 80.8 cm³/mol. The largest absolute Gasteiger partial charge is 0.394 e. The van der Waals surface area contributed by atoms with Gasteiger partial charge in [-0.2, -0.15) is 0 Å². The molecule has 1 aromatic carbocycles. The smallest absolute Gasteiger partial charge is 0.238 e. The van der Waals surface area contributed by atoms with Crippen LogP contribution in [-0.4, -0.2) is 29.7 Å². The number of carbonyl (C=O) groups is 1. The van der Waals surface area contributed by atoms with Crippen LogP contribution >= 0.6 is 0 Å². The van der Waals surface area contributed by atoms with Gasteiger partial charge < -0.3 is 15.7 Å². The molecular weight excluding hydrogens is 252 g/mol. The van der Waals surface area contributed by atoms with Crippen molar-refractivity contribution in [1.82, 2.24) is 5.32 Å². The lowest BCUT2D eigenvalue weighted by Crippen LogP contribution is -2.49. The van der Waals surface area contributed by atoms with Gasteiger partial charge in [0.1, 0.15) is 0 Å². The van der Waals surface area contributed by atoms with Crippen molar-refractivity contribution in [2.45, 2.75) is 45.1 Å². The van der Waals surface area contributed by atoms with Crippen LogP contribution in [-0.2, 0) is 4.79 Å². The number of anilines is 1. The third kappa shape index (κ3) is 3.38. The van der Waals surface area contributed by atoms with Gasteiger partial charge in [-0.25, -0.2) is 0 Å². The van der Waals surface area contributed by atoms with E-state index in [1.165, 1.54) is 0 Å².